The number of carbonyl (C=O) groups excluding carboxylic acids is 7. The summed E-state index contributed by atoms with van der Waals surface area (Å²) < 4.78 is 0. The van der Waals surface area contributed by atoms with Gasteiger partial charge in [-0.2, -0.15) is 0 Å². The van der Waals surface area contributed by atoms with E-state index in [1.54, 1.807) is 54.9 Å². The van der Waals surface area contributed by atoms with Crippen LogP contribution in [0, 0.1) is 0 Å². The van der Waals surface area contributed by atoms with Gasteiger partial charge >= 0.3 is 5.97 Å². The summed E-state index contributed by atoms with van der Waals surface area (Å²) in [5.41, 5.74) is 16.4. The highest BCUT2D eigenvalue weighted by Gasteiger charge is 2.34. The summed E-state index contributed by atoms with van der Waals surface area (Å²) >= 11 is 0. The van der Waals surface area contributed by atoms with Crippen molar-refractivity contribution in [3.63, 3.8) is 0 Å². The Labute approximate surface area is 466 Å². The third kappa shape index (κ3) is 16.8. The summed E-state index contributed by atoms with van der Waals surface area (Å²) in [6.45, 7) is 3.15. The first-order chi connectivity index (χ1) is 39.0. The third-order valence-electron chi connectivity index (χ3n) is 13.8. The zero-order valence-electron chi connectivity index (χ0n) is 44.9. The number of aliphatic carboxylic acids is 1. The number of imidazole rings is 1. The molecule has 8 unspecified atom stereocenters. The second-order valence-corrected chi connectivity index (χ2v) is 20.0. The van der Waals surface area contributed by atoms with Crippen LogP contribution in [0.1, 0.15) is 61.1 Å². The van der Waals surface area contributed by atoms with Gasteiger partial charge in [0.15, 0.2) is 0 Å². The smallest absolute Gasteiger partial charge is 0.326 e. The van der Waals surface area contributed by atoms with Gasteiger partial charge in [0, 0.05) is 71.8 Å². The Bertz CT molecular complexity index is 3270. The van der Waals surface area contributed by atoms with E-state index < -0.39 is 95.7 Å². The number of hydrogen-bond acceptors (Lipinski definition) is 12. The number of phenolic OH excluding ortho intramolecular Hbond substituents is 1. The van der Waals surface area contributed by atoms with Crippen molar-refractivity contribution in [1.82, 2.24) is 57.2 Å². The molecule has 0 fully saturated rings. The van der Waals surface area contributed by atoms with Crippen LogP contribution in [0.2, 0.25) is 0 Å². The van der Waals surface area contributed by atoms with Crippen molar-refractivity contribution in [3.8, 4) is 5.75 Å². The van der Waals surface area contributed by atoms with Crippen LogP contribution in [-0.2, 0) is 70.5 Å². The van der Waals surface area contributed by atoms with Crippen LogP contribution in [-0.4, -0.2) is 132 Å². The zero-order chi connectivity index (χ0) is 58.0. The molecule has 23 heteroatoms. The Morgan fingerprint density at radius 1 is 0.506 bits per heavy atom. The van der Waals surface area contributed by atoms with Gasteiger partial charge < -0.3 is 73.8 Å². The maximum atomic E-state index is 14.6. The number of para-hydroxylation sites is 2. The van der Waals surface area contributed by atoms with Crippen LogP contribution in [0.4, 0.5) is 0 Å². The van der Waals surface area contributed by atoms with Gasteiger partial charge in [-0.3, -0.25) is 33.6 Å². The van der Waals surface area contributed by atoms with E-state index in [4.69, 9.17) is 11.5 Å². The Morgan fingerprint density at radius 3 is 1.48 bits per heavy atom. The summed E-state index contributed by atoms with van der Waals surface area (Å²) in [5, 5.41) is 40.0. The molecule has 8 atom stereocenters. The number of aromatic amines is 3. The second-order valence-electron chi connectivity index (χ2n) is 20.0. The number of carbonyl (C=O) groups is 8. The number of phenols is 1. The fourth-order valence-electron chi connectivity index (χ4n) is 9.25. The number of rotatable bonds is 29. The molecule has 0 aliphatic heterocycles. The predicted molar refractivity (Wildman–Crippen MR) is 302 cm³/mol. The standard InChI is InChI=1S/C58H69N13O10/c1-33(65-53(75)43(60)24-36-19-21-40(72)22-20-36)51(73)69-50(28-39-31-61-32-64-39)57(79)71-48(26-37-29-62-44-16-8-6-14-41(37)44)54(76)66-34(2)52(74)68-49(27-38-30-63-45-17-9-7-15-42(38)45)56(78)70-47(25-35-12-4-3-5-13-35)55(77)67-46(58(80)81)18-10-11-23-59/h3-9,12-17,19-22,29-34,43,46-50,62-63,72H,10-11,18,23-28,59-60H2,1-2H3,(H,61,64)(H,65,75)(H,66,76)(H,67,77)(H,68,74)(H,69,73)(H,70,78)(H,71,79)(H,80,81). The molecule has 0 aliphatic rings. The molecular weight excluding hydrogens is 1040 g/mol. The Balaban J connectivity index is 1.10. The van der Waals surface area contributed by atoms with E-state index >= 15 is 0 Å². The van der Waals surface area contributed by atoms with E-state index in [1.165, 1.54) is 38.5 Å². The van der Waals surface area contributed by atoms with E-state index in [1.807, 2.05) is 48.5 Å². The molecule has 0 spiro atoms. The van der Waals surface area contributed by atoms with Crippen molar-refractivity contribution in [3.05, 3.63) is 156 Å². The molecule has 23 nitrogen and oxygen atoms in total. The van der Waals surface area contributed by atoms with Crippen molar-refractivity contribution >= 4 is 69.1 Å². The molecule has 0 saturated heterocycles. The number of carboxylic acids is 1. The highest BCUT2D eigenvalue weighted by atomic mass is 16.4. The lowest BCUT2D eigenvalue weighted by molar-refractivity contribution is -0.142. The first-order valence-electron chi connectivity index (χ1n) is 26.7. The first-order valence-corrected chi connectivity index (χ1v) is 26.7. The van der Waals surface area contributed by atoms with Gasteiger partial charge in [-0.15, -0.1) is 0 Å². The van der Waals surface area contributed by atoms with E-state index in [0.717, 1.165) is 21.8 Å². The van der Waals surface area contributed by atoms with Gasteiger partial charge in [-0.25, -0.2) is 9.78 Å². The van der Waals surface area contributed by atoms with Gasteiger partial charge in [0.25, 0.3) is 0 Å². The maximum absolute atomic E-state index is 14.6. The molecular formula is C58H69N13O10. The highest BCUT2D eigenvalue weighted by Crippen LogP contribution is 2.22. The van der Waals surface area contributed by atoms with Crippen molar-refractivity contribution in [2.45, 2.75) is 114 Å². The molecule has 4 aromatic carbocycles. The van der Waals surface area contributed by atoms with E-state index in [9.17, 15) is 48.6 Å². The maximum Gasteiger partial charge on any atom is 0.326 e. The number of unbranched alkanes of at least 4 members (excludes halogenated alkanes) is 1. The molecule has 7 aromatic rings. The minimum absolute atomic E-state index is 0.0307. The number of hydrogen-bond donors (Lipinski definition) is 14. The quantitative estimate of drug-likeness (QED) is 0.0297. The number of H-pyrrole nitrogens is 3. The number of fused-ring (bicyclic) bond motifs is 2. The summed E-state index contributed by atoms with van der Waals surface area (Å²) in [4.78, 5) is 125. The monoisotopic (exact) mass is 1110 g/mol. The fraction of sp³-hybridized carbons (Fsp3) is 0.328. The molecule has 0 saturated carbocycles. The third-order valence-corrected chi connectivity index (χ3v) is 13.8. The largest absolute Gasteiger partial charge is 0.508 e. The SMILES string of the molecule is CC(NC(=O)C(N)Cc1ccc(O)cc1)C(=O)NC(Cc1cnc[nH]1)C(=O)NC(Cc1c[nH]c2ccccc12)C(=O)NC(C)C(=O)NC(Cc1c[nH]c2ccccc12)C(=O)NC(Cc1ccccc1)C(=O)NC(CCCCN)C(=O)O. The summed E-state index contributed by atoms with van der Waals surface area (Å²) in [5.74, 6) is -6.55. The lowest BCUT2D eigenvalue weighted by atomic mass is 10.0. The Kier molecular flexibility index (Phi) is 20.9. The number of aromatic hydroxyl groups is 1. The van der Waals surface area contributed by atoms with Crippen LogP contribution < -0.4 is 48.7 Å². The number of nitrogens with zero attached hydrogens (tertiary/aromatic N) is 1. The van der Waals surface area contributed by atoms with Gasteiger partial charge in [0.1, 0.15) is 48.0 Å². The average Bonchev–Trinajstić information content (AvgIpc) is 4.24. The normalized spacial score (nSPS) is 14.2. The van der Waals surface area contributed by atoms with Crippen LogP contribution in [0.5, 0.6) is 5.75 Å². The molecule has 426 valence electrons. The Hall–Kier alpha value is -9.35. The molecule has 0 aliphatic carbocycles. The molecule has 7 rings (SSSR count). The zero-order valence-corrected chi connectivity index (χ0v) is 44.9. The number of nitrogens with two attached hydrogens (primary N) is 2. The molecule has 7 amide bonds. The summed E-state index contributed by atoms with van der Waals surface area (Å²) in [6, 6.07) is 19.4. The van der Waals surface area contributed by atoms with E-state index in [0.29, 0.717) is 47.3 Å². The average molecular weight is 1110 g/mol. The highest BCUT2D eigenvalue weighted by molar-refractivity contribution is 5.98. The molecule has 3 heterocycles. The Morgan fingerprint density at radius 2 is 0.963 bits per heavy atom. The van der Waals surface area contributed by atoms with Crippen molar-refractivity contribution in [2.24, 2.45) is 11.5 Å². The fourth-order valence-corrected chi connectivity index (χ4v) is 9.25. The molecule has 0 bridgehead atoms. The lowest BCUT2D eigenvalue weighted by Crippen LogP contribution is -2.60. The van der Waals surface area contributed by atoms with Crippen LogP contribution >= 0.6 is 0 Å². The number of amides is 7. The second kappa shape index (κ2) is 28.5. The van der Waals surface area contributed by atoms with Crippen molar-refractivity contribution in [2.75, 3.05) is 6.54 Å². The summed E-state index contributed by atoms with van der Waals surface area (Å²) in [6.07, 6.45) is 7.08. The summed E-state index contributed by atoms with van der Waals surface area (Å²) in [7, 11) is 0. The van der Waals surface area contributed by atoms with Gasteiger partial charge in [-0.05, 0) is 92.6 Å². The number of aromatic nitrogens is 4. The van der Waals surface area contributed by atoms with Crippen LogP contribution in [0.25, 0.3) is 21.8 Å². The topological polar surface area (TPSA) is 374 Å². The minimum Gasteiger partial charge on any atom is -0.508 e. The van der Waals surface area contributed by atoms with Gasteiger partial charge in [0.05, 0.1) is 12.4 Å². The van der Waals surface area contributed by atoms with E-state index in [2.05, 4.69) is 57.2 Å². The minimum atomic E-state index is -1.38. The number of benzene rings is 4. The number of carboxylic acid groups (broad SMARTS) is 1. The van der Waals surface area contributed by atoms with Crippen LogP contribution in [0.3, 0.4) is 0 Å². The predicted octanol–water partition coefficient (Wildman–Crippen LogP) is 1.57. The molecule has 0 radical (unpaired) electrons. The van der Waals surface area contributed by atoms with E-state index in [-0.39, 0.29) is 44.3 Å². The molecule has 16 N–H and O–H groups in total. The first kappa shape index (κ1) is 59.3. The lowest BCUT2D eigenvalue weighted by Gasteiger charge is -2.27. The molecule has 3 aromatic heterocycles. The van der Waals surface area contributed by atoms with Crippen LogP contribution in [0.15, 0.2) is 128 Å². The van der Waals surface area contributed by atoms with Crippen molar-refractivity contribution < 1.29 is 48.6 Å². The van der Waals surface area contributed by atoms with Gasteiger partial charge in [0.2, 0.25) is 41.4 Å². The van der Waals surface area contributed by atoms with Crippen molar-refractivity contribution in [1.29, 1.82) is 0 Å². The molecule has 81 heavy (non-hydrogen) atoms. The number of nitrogens with one attached hydrogen (secondary N) is 10. The van der Waals surface area contributed by atoms with Gasteiger partial charge in [-0.1, -0.05) is 78.9 Å².